The number of piperazine rings is 1. The molecule has 3 atom stereocenters. The number of para-hydroxylation sites is 1. The van der Waals surface area contributed by atoms with Gasteiger partial charge in [-0.25, -0.2) is 0 Å². The summed E-state index contributed by atoms with van der Waals surface area (Å²) in [6.07, 6.45) is 0.420. The van der Waals surface area contributed by atoms with Crippen LogP contribution < -0.4 is 15.4 Å². The number of ether oxygens (including phenoxy) is 1. The Labute approximate surface area is 146 Å². The minimum Gasteiger partial charge on any atom is -0.496 e. The molecule has 1 aromatic carbocycles. The van der Waals surface area contributed by atoms with Crippen molar-refractivity contribution in [3.8, 4) is 5.75 Å². The van der Waals surface area contributed by atoms with E-state index >= 15 is 0 Å². The lowest BCUT2D eigenvalue weighted by Gasteiger charge is -2.36. The first-order chi connectivity index (χ1) is 11.9. The van der Waals surface area contributed by atoms with E-state index in [9.17, 15) is 14.4 Å². The van der Waals surface area contributed by atoms with Crippen molar-refractivity contribution in [2.75, 3.05) is 13.7 Å². The van der Waals surface area contributed by atoms with E-state index in [0.29, 0.717) is 24.3 Å². The van der Waals surface area contributed by atoms with Crippen molar-refractivity contribution >= 4 is 17.7 Å². The van der Waals surface area contributed by atoms with E-state index in [-0.39, 0.29) is 29.7 Å². The van der Waals surface area contributed by atoms with Gasteiger partial charge in [-0.15, -0.1) is 0 Å². The Kier molecular flexibility index (Phi) is 4.65. The summed E-state index contributed by atoms with van der Waals surface area (Å²) >= 11 is 0. The van der Waals surface area contributed by atoms with Crippen LogP contribution in [0, 0.1) is 5.92 Å². The molecule has 134 valence electrons. The van der Waals surface area contributed by atoms with Crippen LogP contribution in [-0.2, 0) is 9.59 Å². The molecule has 2 N–H and O–H groups in total. The number of hydrogen-bond donors (Lipinski definition) is 2. The van der Waals surface area contributed by atoms with E-state index in [1.54, 1.807) is 29.2 Å². The van der Waals surface area contributed by atoms with E-state index in [1.807, 2.05) is 13.8 Å². The number of nitrogens with one attached hydrogen (secondary N) is 2. The third-order valence-corrected chi connectivity index (χ3v) is 4.80. The Morgan fingerprint density at radius 1 is 1.32 bits per heavy atom. The second-order valence-corrected chi connectivity index (χ2v) is 6.84. The lowest BCUT2D eigenvalue weighted by Crippen LogP contribution is -2.62. The average molecular weight is 345 g/mol. The van der Waals surface area contributed by atoms with Gasteiger partial charge < -0.3 is 20.3 Å². The molecule has 2 aliphatic heterocycles. The number of methoxy groups -OCH3 is 1. The third kappa shape index (κ3) is 3.18. The van der Waals surface area contributed by atoms with Crippen LogP contribution >= 0.6 is 0 Å². The first-order valence-electron chi connectivity index (χ1n) is 8.47. The maximum Gasteiger partial charge on any atom is 0.255 e. The highest BCUT2D eigenvalue weighted by molar-refractivity contribution is 5.99. The molecule has 25 heavy (non-hydrogen) atoms. The summed E-state index contributed by atoms with van der Waals surface area (Å²) < 4.78 is 5.21. The fourth-order valence-electron chi connectivity index (χ4n) is 3.47. The molecule has 0 bridgehead atoms. The SMILES string of the molecule is COc1ccccc1C(=O)N[C@H]1C[C@H]2C(=O)N[C@H](C(C)C)C(=O)N2C1. The number of nitrogens with zero attached hydrogens (tertiary/aromatic N) is 1. The molecule has 2 heterocycles. The van der Waals surface area contributed by atoms with Crippen LogP contribution in [0.15, 0.2) is 24.3 Å². The topological polar surface area (TPSA) is 87.7 Å². The molecular formula is C18H23N3O4. The second-order valence-electron chi connectivity index (χ2n) is 6.84. The lowest BCUT2D eigenvalue weighted by atomic mass is 9.98. The summed E-state index contributed by atoms with van der Waals surface area (Å²) in [5.41, 5.74) is 0.436. The summed E-state index contributed by atoms with van der Waals surface area (Å²) in [5.74, 6) is 0.0283. The van der Waals surface area contributed by atoms with Gasteiger partial charge in [0.2, 0.25) is 11.8 Å². The van der Waals surface area contributed by atoms with Crippen molar-refractivity contribution < 1.29 is 19.1 Å². The summed E-state index contributed by atoms with van der Waals surface area (Å²) in [5, 5.41) is 5.72. The average Bonchev–Trinajstić information content (AvgIpc) is 3.02. The highest BCUT2D eigenvalue weighted by Gasteiger charge is 2.47. The molecule has 3 rings (SSSR count). The van der Waals surface area contributed by atoms with Gasteiger partial charge in [-0.05, 0) is 24.5 Å². The Balaban J connectivity index is 1.71. The molecule has 0 saturated carbocycles. The molecule has 7 nitrogen and oxygen atoms in total. The largest absolute Gasteiger partial charge is 0.496 e. The number of hydrogen-bond acceptors (Lipinski definition) is 4. The normalized spacial score (nSPS) is 25.6. The van der Waals surface area contributed by atoms with Crippen LogP contribution in [0.2, 0.25) is 0 Å². The van der Waals surface area contributed by atoms with Gasteiger partial charge >= 0.3 is 0 Å². The molecule has 3 amide bonds. The van der Waals surface area contributed by atoms with E-state index in [2.05, 4.69) is 10.6 Å². The highest BCUT2D eigenvalue weighted by Crippen LogP contribution is 2.25. The molecule has 7 heteroatoms. The number of fused-ring (bicyclic) bond motifs is 1. The van der Waals surface area contributed by atoms with Crippen molar-refractivity contribution in [3.05, 3.63) is 29.8 Å². The monoisotopic (exact) mass is 345 g/mol. The third-order valence-electron chi connectivity index (χ3n) is 4.80. The molecule has 0 radical (unpaired) electrons. The van der Waals surface area contributed by atoms with Crippen molar-refractivity contribution in [2.45, 2.75) is 38.4 Å². The molecular weight excluding hydrogens is 322 g/mol. The number of carbonyl (C=O) groups is 3. The standard InChI is InChI=1S/C18H23N3O4/c1-10(2)15-18(24)21-9-11(8-13(21)17(23)20-15)19-16(22)12-6-4-5-7-14(12)25-3/h4-7,10-11,13,15H,8-9H2,1-3H3,(H,19,22)(H,20,23)/t11-,13-,15+/m0/s1. The maximum atomic E-state index is 12.6. The predicted molar refractivity (Wildman–Crippen MR) is 91.1 cm³/mol. The molecule has 2 saturated heterocycles. The summed E-state index contributed by atoms with van der Waals surface area (Å²) in [6.45, 7) is 4.15. The van der Waals surface area contributed by atoms with Gasteiger partial charge in [-0.2, -0.15) is 0 Å². The van der Waals surface area contributed by atoms with Crippen molar-refractivity contribution in [1.82, 2.24) is 15.5 Å². The van der Waals surface area contributed by atoms with Gasteiger partial charge in [0.1, 0.15) is 17.8 Å². The highest BCUT2D eigenvalue weighted by atomic mass is 16.5. The second kappa shape index (κ2) is 6.74. The minimum absolute atomic E-state index is 0.0274. The Hall–Kier alpha value is -2.57. The molecule has 2 aliphatic rings. The van der Waals surface area contributed by atoms with Gasteiger partial charge in [0.25, 0.3) is 5.91 Å². The Morgan fingerprint density at radius 3 is 2.72 bits per heavy atom. The van der Waals surface area contributed by atoms with Gasteiger partial charge in [0, 0.05) is 12.6 Å². The fourth-order valence-corrected chi connectivity index (χ4v) is 3.47. The van der Waals surface area contributed by atoms with Crippen LogP contribution in [0.1, 0.15) is 30.6 Å². The van der Waals surface area contributed by atoms with E-state index in [1.165, 1.54) is 7.11 Å². The first-order valence-corrected chi connectivity index (χ1v) is 8.47. The zero-order valence-corrected chi connectivity index (χ0v) is 14.6. The number of benzene rings is 1. The van der Waals surface area contributed by atoms with E-state index in [0.717, 1.165) is 0 Å². The molecule has 1 aromatic rings. The Bertz CT molecular complexity index is 703. The number of amides is 3. The molecule has 0 aromatic heterocycles. The van der Waals surface area contributed by atoms with Gasteiger partial charge in [0.05, 0.1) is 12.7 Å². The maximum absolute atomic E-state index is 12.6. The van der Waals surface area contributed by atoms with Gasteiger partial charge in [-0.1, -0.05) is 26.0 Å². The zero-order chi connectivity index (χ0) is 18.1. The van der Waals surface area contributed by atoms with Gasteiger partial charge in [0.15, 0.2) is 0 Å². The van der Waals surface area contributed by atoms with Crippen molar-refractivity contribution in [2.24, 2.45) is 5.92 Å². The molecule has 2 fully saturated rings. The Morgan fingerprint density at radius 2 is 2.04 bits per heavy atom. The molecule has 0 aliphatic carbocycles. The molecule has 0 spiro atoms. The fraction of sp³-hybridized carbons (Fsp3) is 0.500. The number of carbonyl (C=O) groups excluding carboxylic acids is 3. The molecule has 0 unspecified atom stereocenters. The minimum atomic E-state index is -0.509. The van der Waals surface area contributed by atoms with E-state index < -0.39 is 12.1 Å². The van der Waals surface area contributed by atoms with Crippen molar-refractivity contribution in [3.63, 3.8) is 0 Å². The van der Waals surface area contributed by atoms with Crippen LogP contribution in [0.4, 0.5) is 0 Å². The van der Waals surface area contributed by atoms with Crippen LogP contribution in [0.3, 0.4) is 0 Å². The lowest BCUT2D eigenvalue weighted by molar-refractivity contribution is -0.148. The van der Waals surface area contributed by atoms with Crippen molar-refractivity contribution in [1.29, 1.82) is 0 Å². The summed E-state index contributed by atoms with van der Waals surface area (Å²) in [6, 6.07) is 5.70. The van der Waals surface area contributed by atoms with Crippen LogP contribution in [-0.4, -0.2) is 54.4 Å². The quantitative estimate of drug-likeness (QED) is 0.834. The summed E-state index contributed by atoms with van der Waals surface area (Å²) in [7, 11) is 1.51. The first kappa shape index (κ1) is 17.3. The van der Waals surface area contributed by atoms with E-state index in [4.69, 9.17) is 4.74 Å². The van der Waals surface area contributed by atoms with Gasteiger partial charge in [-0.3, -0.25) is 14.4 Å². The predicted octanol–water partition coefficient (Wildman–Crippen LogP) is 0.549. The number of rotatable bonds is 4. The smallest absolute Gasteiger partial charge is 0.255 e. The van der Waals surface area contributed by atoms with Crippen LogP contribution in [0.25, 0.3) is 0 Å². The van der Waals surface area contributed by atoms with Crippen LogP contribution in [0.5, 0.6) is 5.75 Å². The zero-order valence-electron chi connectivity index (χ0n) is 14.6. The summed E-state index contributed by atoms with van der Waals surface area (Å²) in [4.78, 5) is 39.0.